The van der Waals surface area contributed by atoms with Crippen LogP contribution in [0, 0.1) is 11.8 Å². The van der Waals surface area contributed by atoms with E-state index in [-0.39, 0.29) is 12.6 Å². The Labute approximate surface area is 78.4 Å². The zero-order valence-corrected chi connectivity index (χ0v) is 7.40. The number of rotatable bonds is 2. The Kier molecular flexibility index (Phi) is 4.04. The third-order valence-corrected chi connectivity index (χ3v) is 1.61. The molecule has 1 atom stereocenters. The van der Waals surface area contributed by atoms with E-state index in [1.165, 1.54) is 0 Å². The Hall–Kier alpha value is -1.30. The van der Waals surface area contributed by atoms with Crippen molar-refractivity contribution in [1.82, 2.24) is 0 Å². The number of nitrogens with two attached hydrogens (primary N) is 1. The highest BCUT2D eigenvalue weighted by atomic mass is 16.3. The van der Waals surface area contributed by atoms with Gasteiger partial charge in [-0.15, -0.1) is 0 Å². The molecule has 1 aromatic rings. The molecule has 2 heteroatoms. The van der Waals surface area contributed by atoms with Crippen molar-refractivity contribution in [3.05, 3.63) is 35.9 Å². The Morgan fingerprint density at radius 2 is 2.00 bits per heavy atom. The fourth-order valence-electron chi connectivity index (χ4n) is 0.870. The highest BCUT2D eigenvalue weighted by molar-refractivity contribution is 5.33. The molecule has 1 aromatic carbocycles. The van der Waals surface area contributed by atoms with Crippen molar-refractivity contribution in [3.63, 3.8) is 0 Å². The van der Waals surface area contributed by atoms with Crippen molar-refractivity contribution < 1.29 is 5.11 Å². The number of aliphatic hydroxyl groups is 1. The van der Waals surface area contributed by atoms with Crippen LogP contribution in [0.25, 0.3) is 0 Å². The van der Waals surface area contributed by atoms with Gasteiger partial charge in [-0.2, -0.15) is 0 Å². The minimum absolute atomic E-state index is 0.0104. The minimum Gasteiger partial charge on any atom is -0.395 e. The molecule has 0 saturated carbocycles. The minimum atomic E-state index is -0.226. The molecule has 0 aliphatic carbocycles. The molecular weight excluding hydrogens is 162 g/mol. The second-order valence-electron chi connectivity index (χ2n) is 2.81. The summed E-state index contributed by atoms with van der Waals surface area (Å²) in [5.74, 6) is 5.89. The Morgan fingerprint density at radius 1 is 1.31 bits per heavy atom. The largest absolute Gasteiger partial charge is 0.395 e. The molecule has 0 spiro atoms. The lowest BCUT2D eigenvalue weighted by atomic mass is 10.2. The first-order valence-electron chi connectivity index (χ1n) is 4.23. The second-order valence-corrected chi connectivity index (χ2v) is 2.81. The molecule has 0 fully saturated rings. The number of hydrogen-bond donors (Lipinski definition) is 2. The molecular formula is C11H13NO. The Morgan fingerprint density at radius 3 is 2.62 bits per heavy atom. The molecule has 0 amide bonds. The maximum absolute atomic E-state index is 8.64. The molecule has 13 heavy (non-hydrogen) atoms. The van der Waals surface area contributed by atoms with Crippen LogP contribution >= 0.6 is 0 Å². The van der Waals surface area contributed by atoms with Crippen LogP contribution < -0.4 is 5.73 Å². The molecule has 1 unspecified atom stereocenters. The summed E-state index contributed by atoms with van der Waals surface area (Å²) in [6.07, 6.45) is 0.533. The number of hydrogen-bond acceptors (Lipinski definition) is 2. The van der Waals surface area contributed by atoms with Gasteiger partial charge in [0, 0.05) is 18.0 Å². The molecule has 0 aliphatic heterocycles. The fourth-order valence-corrected chi connectivity index (χ4v) is 0.870. The van der Waals surface area contributed by atoms with E-state index < -0.39 is 0 Å². The average Bonchev–Trinajstić information content (AvgIpc) is 2.19. The summed E-state index contributed by atoms with van der Waals surface area (Å²) in [7, 11) is 0. The molecule has 0 radical (unpaired) electrons. The Balaban J connectivity index is 2.49. The lowest BCUT2D eigenvalue weighted by Gasteiger charge is -1.99. The van der Waals surface area contributed by atoms with Crippen molar-refractivity contribution in [3.8, 4) is 11.8 Å². The van der Waals surface area contributed by atoms with Crippen LogP contribution in [-0.4, -0.2) is 17.8 Å². The van der Waals surface area contributed by atoms with E-state index in [0.717, 1.165) is 5.56 Å². The molecule has 3 N–H and O–H groups in total. The molecule has 68 valence electrons. The summed E-state index contributed by atoms with van der Waals surface area (Å²) in [6.45, 7) is -0.0104. The van der Waals surface area contributed by atoms with Crippen LogP contribution in [0.1, 0.15) is 12.0 Å². The Bertz CT molecular complexity index is 297. The van der Waals surface area contributed by atoms with Gasteiger partial charge in [-0.25, -0.2) is 0 Å². The third kappa shape index (κ3) is 3.75. The monoisotopic (exact) mass is 175 g/mol. The van der Waals surface area contributed by atoms with E-state index in [1.807, 2.05) is 30.3 Å². The zero-order valence-electron chi connectivity index (χ0n) is 7.40. The maximum Gasteiger partial charge on any atom is 0.0591 e. The van der Waals surface area contributed by atoms with Crippen molar-refractivity contribution in [2.24, 2.45) is 5.73 Å². The van der Waals surface area contributed by atoms with Gasteiger partial charge in [0.15, 0.2) is 0 Å². The van der Waals surface area contributed by atoms with Gasteiger partial charge in [0.05, 0.1) is 6.61 Å². The van der Waals surface area contributed by atoms with Gasteiger partial charge >= 0.3 is 0 Å². The van der Waals surface area contributed by atoms with Gasteiger partial charge in [-0.3, -0.25) is 0 Å². The summed E-state index contributed by atoms with van der Waals surface area (Å²) in [5.41, 5.74) is 6.46. The van der Waals surface area contributed by atoms with Crippen LogP contribution in [0.15, 0.2) is 30.3 Å². The second kappa shape index (κ2) is 5.36. The van der Waals surface area contributed by atoms with Gasteiger partial charge in [0.2, 0.25) is 0 Å². The van der Waals surface area contributed by atoms with Crippen LogP contribution in [-0.2, 0) is 0 Å². The van der Waals surface area contributed by atoms with Gasteiger partial charge in [0.25, 0.3) is 0 Å². The summed E-state index contributed by atoms with van der Waals surface area (Å²) in [6, 6.07) is 9.49. The highest BCUT2D eigenvalue weighted by Crippen LogP contribution is 1.95. The first-order valence-corrected chi connectivity index (χ1v) is 4.23. The zero-order chi connectivity index (χ0) is 9.52. The molecule has 0 aromatic heterocycles. The summed E-state index contributed by atoms with van der Waals surface area (Å²) in [4.78, 5) is 0. The van der Waals surface area contributed by atoms with Crippen LogP contribution in [0.3, 0.4) is 0 Å². The molecule has 0 bridgehead atoms. The van der Waals surface area contributed by atoms with Crippen molar-refractivity contribution in [2.45, 2.75) is 12.5 Å². The van der Waals surface area contributed by atoms with Crippen LogP contribution in [0.4, 0.5) is 0 Å². The molecule has 1 rings (SSSR count). The van der Waals surface area contributed by atoms with Gasteiger partial charge < -0.3 is 10.8 Å². The first kappa shape index (κ1) is 9.79. The van der Waals surface area contributed by atoms with Crippen molar-refractivity contribution in [2.75, 3.05) is 6.61 Å². The van der Waals surface area contributed by atoms with Crippen LogP contribution in [0.2, 0.25) is 0 Å². The third-order valence-electron chi connectivity index (χ3n) is 1.61. The molecule has 0 saturated heterocycles. The standard InChI is InChI=1S/C11H13NO/c12-11(9-13)8-4-7-10-5-2-1-3-6-10/h1-3,5-6,11,13H,8-9,12H2. The smallest absolute Gasteiger partial charge is 0.0591 e. The number of aliphatic hydroxyl groups excluding tert-OH is 1. The lowest BCUT2D eigenvalue weighted by Crippen LogP contribution is -2.23. The van der Waals surface area contributed by atoms with E-state index in [2.05, 4.69) is 11.8 Å². The van der Waals surface area contributed by atoms with E-state index in [1.54, 1.807) is 0 Å². The van der Waals surface area contributed by atoms with Crippen molar-refractivity contribution in [1.29, 1.82) is 0 Å². The summed E-state index contributed by atoms with van der Waals surface area (Å²) < 4.78 is 0. The molecule has 2 nitrogen and oxygen atoms in total. The highest BCUT2D eigenvalue weighted by Gasteiger charge is 1.94. The van der Waals surface area contributed by atoms with Crippen molar-refractivity contribution >= 4 is 0 Å². The van der Waals surface area contributed by atoms with E-state index in [4.69, 9.17) is 10.8 Å². The molecule has 0 heterocycles. The predicted molar refractivity (Wildman–Crippen MR) is 53.0 cm³/mol. The average molecular weight is 175 g/mol. The topological polar surface area (TPSA) is 46.2 Å². The number of benzene rings is 1. The summed E-state index contributed by atoms with van der Waals surface area (Å²) >= 11 is 0. The molecule has 0 aliphatic rings. The van der Waals surface area contributed by atoms with Gasteiger partial charge in [-0.1, -0.05) is 30.0 Å². The van der Waals surface area contributed by atoms with E-state index in [9.17, 15) is 0 Å². The van der Waals surface area contributed by atoms with Gasteiger partial charge in [-0.05, 0) is 12.1 Å². The van der Waals surface area contributed by atoms with E-state index >= 15 is 0 Å². The summed E-state index contributed by atoms with van der Waals surface area (Å²) in [5, 5.41) is 8.64. The van der Waals surface area contributed by atoms with E-state index in [0.29, 0.717) is 6.42 Å². The predicted octanol–water partition coefficient (Wildman–Crippen LogP) is 0.748. The first-order chi connectivity index (χ1) is 6.33. The maximum atomic E-state index is 8.64. The van der Waals surface area contributed by atoms with Gasteiger partial charge in [0.1, 0.15) is 0 Å². The van der Waals surface area contributed by atoms with Crippen LogP contribution in [0.5, 0.6) is 0 Å². The quantitative estimate of drug-likeness (QED) is 0.651. The fraction of sp³-hybridized carbons (Fsp3) is 0.273. The normalized spacial score (nSPS) is 11.5. The lowest BCUT2D eigenvalue weighted by molar-refractivity contribution is 0.267. The SMILES string of the molecule is NC(CO)CC#Cc1ccccc1.